The third-order valence-corrected chi connectivity index (χ3v) is 2.90. The first-order valence-electron chi connectivity index (χ1n) is 5.41. The van der Waals surface area contributed by atoms with Gasteiger partial charge in [-0.1, -0.05) is 6.08 Å². The molecule has 0 aliphatic heterocycles. The van der Waals surface area contributed by atoms with Gasteiger partial charge in [-0.2, -0.15) is 11.8 Å². The number of carbonyl (C=O) groups is 1. The summed E-state index contributed by atoms with van der Waals surface area (Å²) in [5.41, 5.74) is 0. The van der Waals surface area contributed by atoms with E-state index in [9.17, 15) is 4.79 Å². The summed E-state index contributed by atoms with van der Waals surface area (Å²) in [6, 6.07) is -0.152. The van der Waals surface area contributed by atoms with Crippen LogP contribution in [-0.2, 0) is 9.53 Å². The van der Waals surface area contributed by atoms with Crippen molar-refractivity contribution in [1.82, 2.24) is 10.6 Å². The van der Waals surface area contributed by atoms with E-state index in [1.807, 2.05) is 13.0 Å². The summed E-state index contributed by atoms with van der Waals surface area (Å²) >= 11 is 1.80. The minimum Gasteiger partial charge on any atom is -0.383 e. The lowest BCUT2D eigenvalue weighted by Crippen LogP contribution is -2.43. The van der Waals surface area contributed by atoms with Gasteiger partial charge in [0.1, 0.15) is 0 Å². The molecule has 0 aromatic heterocycles. The lowest BCUT2D eigenvalue weighted by Gasteiger charge is -2.13. The summed E-state index contributed by atoms with van der Waals surface area (Å²) < 4.78 is 4.85. The first-order valence-corrected chi connectivity index (χ1v) is 6.56. The monoisotopic (exact) mass is 246 g/mol. The normalized spacial score (nSPS) is 12.1. The standard InChI is InChI=1S/C11H22N2O2S/c1-4-8-16-9-6-12-10(2)11(14)13-5-7-15-3/h4,10,12H,1,5-9H2,2-3H3,(H,13,14). The maximum Gasteiger partial charge on any atom is 0.236 e. The van der Waals surface area contributed by atoms with Gasteiger partial charge in [0, 0.05) is 31.7 Å². The first-order chi connectivity index (χ1) is 7.72. The van der Waals surface area contributed by atoms with Crippen LogP contribution in [0.3, 0.4) is 0 Å². The molecule has 0 saturated carbocycles. The number of methoxy groups -OCH3 is 1. The predicted molar refractivity (Wildman–Crippen MR) is 69.9 cm³/mol. The molecule has 0 radical (unpaired) electrons. The number of carbonyl (C=O) groups excluding carboxylic acids is 1. The van der Waals surface area contributed by atoms with E-state index in [2.05, 4.69) is 17.2 Å². The zero-order chi connectivity index (χ0) is 12.2. The molecule has 0 bridgehead atoms. The van der Waals surface area contributed by atoms with Crippen LogP contribution in [0.15, 0.2) is 12.7 Å². The van der Waals surface area contributed by atoms with E-state index in [0.29, 0.717) is 13.2 Å². The molecule has 0 aromatic carbocycles. The molecule has 0 heterocycles. The van der Waals surface area contributed by atoms with Gasteiger partial charge in [0.05, 0.1) is 12.6 Å². The van der Waals surface area contributed by atoms with Gasteiger partial charge in [-0.05, 0) is 6.92 Å². The minimum absolute atomic E-state index is 0.0192. The van der Waals surface area contributed by atoms with E-state index in [4.69, 9.17) is 4.74 Å². The average Bonchev–Trinajstić information content (AvgIpc) is 2.28. The third-order valence-electron chi connectivity index (χ3n) is 1.93. The fourth-order valence-electron chi connectivity index (χ4n) is 1.04. The van der Waals surface area contributed by atoms with E-state index < -0.39 is 0 Å². The zero-order valence-corrected chi connectivity index (χ0v) is 10.9. The molecule has 0 fully saturated rings. The number of nitrogens with one attached hydrogen (secondary N) is 2. The van der Waals surface area contributed by atoms with Crippen molar-refractivity contribution in [3.63, 3.8) is 0 Å². The van der Waals surface area contributed by atoms with Crippen molar-refractivity contribution in [3.05, 3.63) is 12.7 Å². The van der Waals surface area contributed by atoms with E-state index in [1.165, 1.54) is 0 Å². The summed E-state index contributed by atoms with van der Waals surface area (Å²) in [4.78, 5) is 11.5. The molecule has 1 amide bonds. The van der Waals surface area contributed by atoms with Crippen LogP contribution in [0.4, 0.5) is 0 Å². The van der Waals surface area contributed by atoms with E-state index in [0.717, 1.165) is 18.1 Å². The molecule has 1 unspecified atom stereocenters. The molecule has 5 heteroatoms. The van der Waals surface area contributed by atoms with E-state index in [1.54, 1.807) is 18.9 Å². The SMILES string of the molecule is C=CCSCCNC(C)C(=O)NCCOC. The van der Waals surface area contributed by atoms with Gasteiger partial charge in [0.25, 0.3) is 0 Å². The average molecular weight is 246 g/mol. The Labute approximate surface area is 102 Å². The molecule has 0 aliphatic carbocycles. The molecule has 0 aliphatic rings. The van der Waals surface area contributed by atoms with Crippen LogP contribution in [0.5, 0.6) is 0 Å². The fraction of sp³-hybridized carbons (Fsp3) is 0.727. The van der Waals surface area contributed by atoms with Crippen LogP contribution in [-0.4, -0.2) is 50.3 Å². The summed E-state index contributed by atoms with van der Waals surface area (Å²) in [7, 11) is 1.62. The van der Waals surface area contributed by atoms with Crippen LogP contribution in [0.25, 0.3) is 0 Å². The van der Waals surface area contributed by atoms with Crippen molar-refractivity contribution in [2.75, 3.05) is 38.3 Å². The van der Waals surface area contributed by atoms with Gasteiger partial charge in [-0.25, -0.2) is 0 Å². The van der Waals surface area contributed by atoms with Gasteiger partial charge >= 0.3 is 0 Å². The van der Waals surface area contributed by atoms with Crippen LogP contribution in [0, 0.1) is 0 Å². The van der Waals surface area contributed by atoms with Crippen molar-refractivity contribution >= 4 is 17.7 Å². The Kier molecular flexibility index (Phi) is 10.6. The molecule has 16 heavy (non-hydrogen) atoms. The molecule has 0 rings (SSSR count). The Morgan fingerprint density at radius 2 is 2.31 bits per heavy atom. The highest BCUT2D eigenvalue weighted by molar-refractivity contribution is 7.99. The largest absolute Gasteiger partial charge is 0.383 e. The molecular weight excluding hydrogens is 224 g/mol. The summed E-state index contributed by atoms with van der Waals surface area (Å²) in [5, 5.41) is 5.95. The van der Waals surface area contributed by atoms with Crippen LogP contribution in [0.1, 0.15) is 6.92 Å². The Morgan fingerprint density at radius 1 is 1.56 bits per heavy atom. The molecule has 1 atom stereocenters. The number of thioether (sulfide) groups is 1. The zero-order valence-electron chi connectivity index (χ0n) is 10.1. The quantitative estimate of drug-likeness (QED) is 0.439. The minimum atomic E-state index is -0.152. The van der Waals surface area contributed by atoms with Gasteiger partial charge in [-0.3, -0.25) is 4.79 Å². The second kappa shape index (κ2) is 11.0. The van der Waals surface area contributed by atoms with E-state index in [-0.39, 0.29) is 11.9 Å². The Bertz CT molecular complexity index is 200. The van der Waals surface area contributed by atoms with Crippen LogP contribution in [0.2, 0.25) is 0 Å². The number of amides is 1. The lowest BCUT2D eigenvalue weighted by atomic mass is 10.3. The summed E-state index contributed by atoms with van der Waals surface area (Å²) in [6.07, 6.45) is 1.88. The van der Waals surface area contributed by atoms with Gasteiger partial charge in [-0.15, -0.1) is 6.58 Å². The number of hydrogen-bond donors (Lipinski definition) is 2. The highest BCUT2D eigenvalue weighted by Gasteiger charge is 2.10. The highest BCUT2D eigenvalue weighted by Crippen LogP contribution is 1.97. The molecule has 0 aromatic rings. The summed E-state index contributed by atoms with van der Waals surface area (Å²) in [5.74, 6) is 1.96. The van der Waals surface area contributed by atoms with E-state index >= 15 is 0 Å². The molecule has 94 valence electrons. The predicted octanol–water partition coefficient (Wildman–Crippen LogP) is 0.646. The van der Waals surface area contributed by atoms with Gasteiger partial charge in [0.15, 0.2) is 0 Å². The van der Waals surface area contributed by atoms with Crippen molar-refractivity contribution in [2.45, 2.75) is 13.0 Å². The van der Waals surface area contributed by atoms with Crippen LogP contribution < -0.4 is 10.6 Å². The van der Waals surface area contributed by atoms with Crippen molar-refractivity contribution in [3.8, 4) is 0 Å². The topological polar surface area (TPSA) is 50.4 Å². The molecule has 4 nitrogen and oxygen atoms in total. The Balaban J connectivity index is 3.43. The fourth-order valence-corrected chi connectivity index (χ4v) is 1.63. The number of ether oxygens (including phenoxy) is 1. The highest BCUT2D eigenvalue weighted by atomic mass is 32.2. The molecule has 2 N–H and O–H groups in total. The maximum atomic E-state index is 11.5. The maximum absolute atomic E-state index is 11.5. The van der Waals surface area contributed by atoms with Crippen molar-refractivity contribution in [1.29, 1.82) is 0 Å². The lowest BCUT2D eigenvalue weighted by molar-refractivity contribution is -0.122. The Morgan fingerprint density at radius 3 is 2.94 bits per heavy atom. The smallest absolute Gasteiger partial charge is 0.236 e. The third kappa shape index (κ3) is 8.76. The first kappa shape index (κ1) is 15.5. The Hall–Kier alpha value is -0.520. The summed E-state index contributed by atoms with van der Waals surface area (Å²) in [6.45, 7) is 7.45. The second-order valence-corrected chi connectivity index (χ2v) is 4.47. The van der Waals surface area contributed by atoms with Crippen LogP contribution >= 0.6 is 11.8 Å². The van der Waals surface area contributed by atoms with Crippen molar-refractivity contribution < 1.29 is 9.53 Å². The molecule has 0 spiro atoms. The van der Waals surface area contributed by atoms with Crippen molar-refractivity contribution in [2.24, 2.45) is 0 Å². The second-order valence-electron chi connectivity index (χ2n) is 3.32. The molecular formula is C11H22N2O2S. The number of rotatable bonds is 10. The number of hydrogen-bond acceptors (Lipinski definition) is 4. The van der Waals surface area contributed by atoms with Gasteiger partial charge in [0.2, 0.25) is 5.91 Å². The van der Waals surface area contributed by atoms with Gasteiger partial charge < -0.3 is 15.4 Å². The molecule has 0 saturated heterocycles.